The van der Waals surface area contributed by atoms with Crippen molar-refractivity contribution in [2.45, 2.75) is 36.6 Å². The van der Waals surface area contributed by atoms with E-state index in [0.29, 0.717) is 0 Å². The van der Waals surface area contributed by atoms with Gasteiger partial charge in [-0.25, -0.2) is 0 Å². The molecular formula is C15H24O6. The number of aliphatic hydroxyl groups is 3. The summed E-state index contributed by atoms with van der Waals surface area (Å²) in [6.07, 6.45) is -1.91. The third-order valence-corrected chi connectivity index (χ3v) is 3.24. The van der Waals surface area contributed by atoms with E-state index in [0.717, 1.165) is 0 Å². The molecule has 0 aromatic heterocycles. The summed E-state index contributed by atoms with van der Waals surface area (Å²) >= 11 is 0. The standard InChI is InChI=1S/C15H24O6/c1-4-7-19-13-10(16)11(17)14(20-8-5-2)15(12(13)18)21-9-6-3/h4-6,10-18H,1-3,7-9H2/t10-,11+,12+,13-,14-,15-/m0/s1. The van der Waals surface area contributed by atoms with Crippen LogP contribution in [0, 0.1) is 0 Å². The molecule has 1 aliphatic carbocycles. The van der Waals surface area contributed by atoms with Crippen molar-refractivity contribution in [1.29, 1.82) is 0 Å². The molecule has 3 N–H and O–H groups in total. The quantitative estimate of drug-likeness (QED) is 0.511. The van der Waals surface area contributed by atoms with Gasteiger partial charge in [-0.3, -0.25) is 0 Å². The largest absolute Gasteiger partial charge is 0.387 e. The number of rotatable bonds is 9. The Morgan fingerprint density at radius 3 is 1.38 bits per heavy atom. The fourth-order valence-corrected chi connectivity index (χ4v) is 2.29. The van der Waals surface area contributed by atoms with Crippen molar-refractivity contribution in [2.24, 2.45) is 0 Å². The molecule has 0 aromatic rings. The van der Waals surface area contributed by atoms with Gasteiger partial charge in [-0.2, -0.15) is 0 Å². The van der Waals surface area contributed by atoms with Gasteiger partial charge < -0.3 is 29.5 Å². The lowest BCUT2D eigenvalue weighted by Gasteiger charge is -2.44. The minimum atomic E-state index is -1.29. The first-order chi connectivity index (χ1) is 10.1. The van der Waals surface area contributed by atoms with Crippen molar-refractivity contribution in [3.8, 4) is 0 Å². The molecule has 6 heteroatoms. The van der Waals surface area contributed by atoms with Crippen LogP contribution in [0.2, 0.25) is 0 Å². The zero-order valence-electron chi connectivity index (χ0n) is 12.0. The highest BCUT2D eigenvalue weighted by Gasteiger charge is 2.51. The van der Waals surface area contributed by atoms with E-state index in [4.69, 9.17) is 14.2 Å². The summed E-state index contributed by atoms with van der Waals surface area (Å²) in [4.78, 5) is 0. The number of aliphatic hydroxyl groups excluding tert-OH is 3. The highest BCUT2D eigenvalue weighted by molar-refractivity contribution is 5.02. The molecule has 0 radical (unpaired) electrons. The molecule has 1 saturated carbocycles. The van der Waals surface area contributed by atoms with Crippen LogP contribution in [0.4, 0.5) is 0 Å². The zero-order chi connectivity index (χ0) is 15.8. The van der Waals surface area contributed by atoms with Gasteiger partial charge in [0.15, 0.2) is 0 Å². The summed E-state index contributed by atoms with van der Waals surface area (Å²) in [5.41, 5.74) is 0. The number of hydrogen-bond donors (Lipinski definition) is 3. The van der Waals surface area contributed by atoms with Crippen LogP contribution < -0.4 is 0 Å². The molecular weight excluding hydrogens is 276 g/mol. The smallest absolute Gasteiger partial charge is 0.115 e. The van der Waals surface area contributed by atoms with Crippen LogP contribution in [0.5, 0.6) is 0 Å². The molecule has 0 spiro atoms. The van der Waals surface area contributed by atoms with E-state index in [2.05, 4.69) is 19.7 Å². The van der Waals surface area contributed by atoms with Gasteiger partial charge in [0, 0.05) is 0 Å². The van der Waals surface area contributed by atoms with Gasteiger partial charge >= 0.3 is 0 Å². The van der Waals surface area contributed by atoms with E-state index in [9.17, 15) is 15.3 Å². The number of hydrogen-bond acceptors (Lipinski definition) is 6. The molecule has 0 amide bonds. The Morgan fingerprint density at radius 1 is 0.619 bits per heavy atom. The second-order valence-electron chi connectivity index (χ2n) is 4.73. The first kappa shape index (κ1) is 18.0. The lowest BCUT2D eigenvalue weighted by molar-refractivity contribution is -0.250. The third kappa shape index (κ3) is 4.47. The molecule has 21 heavy (non-hydrogen) atoms. The maximum atomic E-state index is 10.3. The first-order valence-electron chi connectivity index (χ1n) is 6.80. The second-order valence-corrected chi connectivity index (χ2v) is 4.73. The van der Waals surface area contributed by atoms with Crippen LogP contribution in [0.25, 0.3) is 0 Å². The maximum Gasteiger partial charge on any atom is 0.115 e. The summed E-state index contributed by atoms with van der Waals surface area (Å²) in [6, 6.07) is 0. The Hall–Kier alpha value is -1.02. The summed E-state index contributed by atoms with van der Waals surface area (Å²) in [7, 11) is 0. The summed E-state index contributed by atoms with van der Waals surface area (Å²) < 4.78 is 16.2. The average Bonchev–Trinajstić information content (AvgIpc) is 2.48. The summed E-state index contributed by atoms with van der Waals surface area (Å²) in [5.74, 6) is 0. The maximum absolute atomic E-state index is 10.3. The van der Waals surface area contributed by atoms with Crippen LogP contribution in [0.1, 0.15) is 0 Å². The van der Waals surface area contributed by atoms with Gasteiger partial charge in [-0.05, 0) is 0 Å². The van der Waals surface area contributed by atoms with E-state index >= 15 is 0 Å². The minimum Gasteiger partial charge on any atom is -0.387 e. The van der Waals surface area contributed by atoms with Gasteiger partial charge in [0.2, 0.25) is 0 Å². The fourth-order valence-electron chi connectivity index (χ4n) is 2.29. The Morgan fingerprint density at radius 2 is 0.952 bits per heavy atom. The molecule has 0 bridgehead atoms. The lowest BCUT2D eigenvalue weighted by atomic mass is 9.84. The molecule has 1 fully saturated rings. The molecule has 0 aliphatic heterocycles. The van der Waals surface area contributed by atoms with Crippen LogP contribution >= 0.6 is 0 Å². The Balaban J connectivity index is 2.89. The van der Waals surface area contributed by atoms with E-state index in [1.165, 1.54) is 18.2 Å². The monoisotopic (exact) mass is 300 g/mol. The lowest BCUT2D eigenvalue weighted by Crippen LogP contribution is -2.65. The van der Waals surface area contributed by atoms with Crippen molar-refractivity contribution in [3.63, 3.8) is 0 Å². The van der Waals surface area contributed by atoms with Gasteiger partial charge in [0.1, 0.15) is 36.6 Å². The highest BCUT2D eigenvalue weighted by atomic mass is 16.6. The summed E-state index contributed by atoms with van der Waals surface area (Å²) in [6.45, 7) is 11.0. The van der Waals surface area contributed by atoms with Crippen LogP contribution in [-0.2, 0) is 14.2 Å². The Kier molecular flexibility index (Phi) is 7.81. The topological polar surface area (TPSA) is 88.4 Å². The fraction of sp³-hybridized carbons (Fsp3) is 0.600. The number of ether oxygens (including phenoxy) is 3. The predicted octanol–water partition coefficient (Wildman–Crippen LogP) is -0.204. The molecule has 1 aliphatic rings. The van der Waals surface area contributed by atoms with Crippen LogP contribution in [0.15, 0.2) is 38.0 Å². The third-order valence-electron chi connectivity index (χ3n) is 3.24. The summed E-state index contributed by atoms with van der Waals surface area (Å²) in [5, 5.41) is 30.6. The van der Waals surface area contributed by atoms with Crippen molar-refractivity contribution in [3.05, 3.63) is 38.0 Å². The second kappa shape index (κ2) is 9.09. The van der Waals surface area contributed by atoms with Gasteiger partial charge in [0.05, 0.1) is 19.8 Å². The van der Waals surface area contributed by atoms with E-state index in [1.807, 2.05) is 0 Å². The molecule has 0 unspecified atom stereocenters. The van der Waals surface area contributed by atoms with Gasteiger partial charge in [-0.15, -0.1) is 19.7 Å². The Labute approximate surface area is 124 Å². The van der Waals surface area contributed by atoms with Crippen molar-refractivity contribution in [2.75, 3.05) is 19.8 Å². The first-order valence-corrected chi connectivity index (χ1v) is 6.80. The minimum absolute atomic E-state index is 0.137. The Bertz CT molecular complexity index is 345. The van der Waals surface area contributed by atoms with Crippen molar-refractivity contribution in [1.82, 2.24) is 0 Å². The van der Waals surface area contributed by atoms with Crippen molar-refractivity contribution >= 4 is 0 Å². The zero-order valence-corrected chi connectivity index (χ0v) is 12.0. The van der Waals surface area contributed by atoms with Crippen LogP contribution in [-0.4, -0.2) is 71.8 Å². The average molecular weight is 300 g/mol. The molecule has 6 atom stereocenters. The van der Waals surface area contributed by atoms with Crippen molar-refractivity contribution < 1.29 is 29.5 Å². The molecule has 1 rings (SSSR count). The molecule has 120 valence electrons. The molecule has 0 aromatic carbocycles. The van der Waals surface area contributed by atoms with Crippen LogP contribution in [0.3, 0.4) is 0 Å². The SMILES string of the molecule is C=CCO[C@@H]1[C@@H](O)[C@H](OCC=C)[C@@H](OCC=C)[C@H](O)[C@@H]1O. The van der Waals surface area contributed by atoms with E-state index < -0.39 is 36.6 Å². The highest BCUT2D eigenvalue weighted by Crippen LogP contribution is 2.28. The van der Waals surface area contributed by atoms with Gasteiger partial charge in [0.25, 0.3) is 0 Å². The predicted molar refractivity (Wildman–Crippen MR) is 77.8 cm³/mol. The molecule has 0 saturated heterocycles. The van der Waals surface area contributed by atoms with Gasteiger partial charge in [-0.1, -0.05) is 18.2 Å². The molecule has 0 heterocycles. The van der Waals surface area contributed by atoms with E-state index in [1.54, 1.807) is 0 Å². The van der Waals surface area contributed by atoms with E-state index in [-0.39, 0.29) is 19.8 Å². The normalized spacial score (nSPS) is 36.1. The molecule has 6 nitrogen and oxygen atoms in total.